The van der Waals surface area contributed by atoms with Crippen LogP contribution in [0.25, 0.3) is 32.0 Å². The molecule has 0 saturated carbocycles. The van der Waals surface area contributed by atoms with Gasteiger partial charge in [-0.1, -0.05) is 62.4 Å². The molecule has 2 aliphatic heterocycles. The summed E-state index contributed by atoms with van der Waals surface area (Å²) in [6, 6.07) is 30.0. The second kappa shape index (κ2) is 17.0. The largest absolute Gasteiger partial charge is 0.396 e. The lowest BCUT2D eigenvalue weighted by atomic mass is 10.1. The zero-order valence-electron chi connectivity index (χ0n) is 29.0. The van der Waals surface area contributed by atoms with Crippen molar-refractivity contribution in [3.05, 3.63) is 142 Å². The molecule has 4 aromatic carbocycles. The molecule has 8 aromatic rings. The van der Waals surface area contributed by atoms with Gasteiger partial charge in [0.15, 0.2) is 9.92 Å². The van der Waals surface area contributed by atoms with Crippen LogP contribution < -0.4 is 5.32 Å². The molecule has 0 unspecified atom stereocenters. The summed E-state index contributed by atoms with van der Waals surface area (Å²) in [5.41, 5.74) is 6.53. The number of nitrogens with one attached hydrogen (secondary N) is 1. The smallest absolute Gasteiger partial charge is 0.261 e. The Hall–Kier alpha value is -6.02. The summed E-state index contributed by atoms with van der Waals surface area (Å²) in [5.74, 6) is -0.920. The zero-order chi connectivity index (χ0) is 37.3. The third-order valence-electron chi connectivity index (χ3n) is 8.09. The SMILES string of the molecule is CCCN1C(=O)c2ccccc2C1=O.CCCO.O=C1NC(=O)c2ccccc21.c1ccc2c(c1)nc1sccn12.c1ccc2c(c1)nc1sccn12. The van der Waals surface area contributed by atoms with E-state index < -0.39 is 0 Å². The fourth-order valence-electron chi connectivity index (χ4n) is 5.59. The molecular formula is C40H36N6O5S2. The highest BCUT2D eigenvalue weighted by atomic mass is 32.1. The summed E-state index contributed by atoms with van der Waals surface area (Å²) in [6.07, 6.45) is 5.77. The Labute approximate surface area is 312 Å². The maximum Gasteiger partial charge on any atom is 0.261 e. The van der Waals surface area contributed by atoms with Gasteiger partial charge in [-0.2, -0.15) is 0 Å². The van der Waals surface area contributed by atoms with E-state index >= 15 is 0 Å². The average Bonchev–Trinajstić information content (AvgIpc) is 4.04. The maximum atomic E-state index is 11.7. The lowest BCUT2D eigenvalue weighted by Crippen LogP contribution is -2.30. The van der Waals surface area contributed by atoms with Crippen molar-refractivity contribution in [2.75, 3.05) is 13.2 Å². The van der Waals surface area contributed by atoms with Crippen LogP contribution in [0.3, 0.4) is 0 Å². The van der Waals surface area contributed by atoms with E-state index in [1.807, 2.05) is 50.2 Å². The minimum absolute atomic E-state index is 0.160. The van der Waals surface area contributed by atoms with Crippen LogP contribution in [-0.2, 0) is 0 Å². The molecule has 0 atom stereocenters. The van der Waals surface area contributed by atoms with E-state index in [2.05, 4.69) is 59.4 Å². The molecule has 0 radical (unpaired) electrons. The second-order valence-electron chi connectivity index (χ2n) is 11.7. The van der Waals surface area contributed by atoms with Gasteiger partial charge in [-0.15, -0.1) is 22.7 Å². The maximum absolute atomic E-state index is 11.7. The number of benzene rings is 4. The van der Waals surface area contributed by atoms with Gasteiger partial charge in [0.2, 0.25) is 0 Å². The standard InChI is InChI=1S/C11H11NO2.2C9H6N2S.C8H5NO2.C3H8O/c1-2-7-12-10(13)8-5-3-4-6-9(8)11(12)14;2*1-2-4-8-7(3-1)10-9-11(8)5-6-12-9;10-7-5-3-1-2-4-6(5)8(11)9-7;1-2-3-4/h3-6H,2,7H2,1H3;2*1-6H;1-4H,(H,9,10,11);4H,2-3H2,1H3. The van der Waals surface area contributed by atoms with Gasteiger partial charge in [-0.05, 0) is 61.4 Å². The number of carbonyl (C=O) groups excluding carboxylic acids is 4. The van der Waals surface area contributed by atoms with Crippen molar-refractivity contribution in [3.8, 4) is 0 Å². The minimum atomic E-state index is -0.300. The predicted octanol–water partition coefficient (Wildman–Crippen LogP) is 7.75. The number of aromatic nitrogens is 4. The minimum Gasteiger partial charge on any atom is -0.396 e. The number of imidazole rings is 2. The van der Waals surface area contributed by atoms with Crippen molar-refractivity contribution in [1.29, 1.82) is 0 Å². The number of aliphatic hydroxyl groups is 1. The molecule has 2 N–H and O–H groups in total. The number of aliphatic hydroxyl groups excluding tert-OH is 1. The predicted molar refractivity (Wildman–Crippen MR) is 209 cm³/mol. The Morgan fingerprint density at radius 3 is 1.40 bits per heavy atom. The van der Waals surface area contributed by atoms with E-state index in [1.165, 1.54) is 15.9 Å². The Kier molecular flexibility index (Phi) is 11.8. The van der Waals surface area contributed by atoms with Gasteiger partial charge < -0.3 is 5.11 Å². The van der Waals surface area contributed by atoms with Crippen molar-refractivity contribution in [3.63, 3.8) is 0 Å². The summed E-state index contributed by atoms with van der Waals surface area (Å²) in [5, 5.41) is 14.2. The molecule has 53 heavy (non-hydrogen) atoms. The summed E-state index contributed by atoms with van der Waals surface area (Å²) in [7, 11) is 0. The zero-order valence-corrected chi connectivity index (χ0v) is 30.6. The molecule has 2 aliphatic rings. The first-order valence-corrected chi connectivity index (χ1v) is 18.7. The molecule has 4 aromatic heterocycles. The Morgan fingerprint density at radius 2 is 0.981 bits per heavy atom. The van der Waals surface area contributed by atoms with Gasteiger partial charge in [0.1, 0.15) is 0 Å². The first-order chi connectivity index (χ1) is 25.9. The topological polar surface area (TPSA) is 138 Å². The van der Waals surface area contributed by atoms with Gasteiger partial charge in [0, 0.05) is 36.3 Å². The van der Waals surface area contributed by atoms with Gasteiger partial charge in [0.05, 0.1) is 44.3 Å². The van der Waals surface area contributed by atoms with E-state index in [0.29, 0.717) is 35.4 Å². The number of carbonyl (C=O) groups is 4. The first-order valence-electron chi connectivity index (χ1n) is 17.0. The fourth-order valence-corrected chi connectivity index (χ4v) is 7.04. The van der Waals surface area contributed by atoms with E-state index in [9.17, 15) is 19.2 Å². The normalized spacial score (nSPS) is 12.6. The highest BCUT2D eigenvalue weighted by molar-refractivity contribution is 7.15. The third-order valence-corrected chi connectivity index (χ3v) is 9.60. The van der Waals surface area contributed by atoms with E-state index in [-0.39, 0.29) is 23.6 Å². The van der Waals surface area contributed by atoms with Crippen LogP contribution in [0.2, 0.25) is 0 Å². The summed E-state index contributed by atoms with van der Waals surface area (Å²) in [6.45, 7) is 4.70. The van der Waals surface area contributed by atoms with Crippen LogP contribution in [0.15, 0.2) is 120 Å². The highest BCUT2D eigenvalue weighted by Crippen LogP contribution is 2.23. The molecule has 268 valence electrons. The molecular weight excluding hydrogens is 709 g/mol. The Morgan fingerprint density at radius 1 is 0.585 bits per heavy atom. The number of para-hydroxylation sites is 4. The molecule has 11 nitrogen and oxygen atoms in total. The number of amides is 4. The molecule has 0 fully saturated rings. The van der Waals surface area contributed by atoms with Crippen molar-refractivity contribution < 1.29 is 24.3 Å². The monoisotopic (exact) mass is 744 g/mol. The van der Waals surface area contributed by atoms with Crippen molar-refractivity contribution in [2.45, 2.75) is 26.7 Å². The van der Waals surface area contributed by atoms with E-state index in [0.717, 1.165) is 33.8 Å². The van der Waals surface area contributed by atoms with Crippen LogP contribution in [-0.4, -0.2) is 65.6 Å². The molecule has 10 rings (SSSR count). The molecule has 0 bridgehead atoms. The van der Waals surface area contributed by atoms with Crippen LogP contribution in [0, 0.1) is 0 Å². The van der Waals surface area contributed by atoms with E-state index in [1.54, 1.807) is 71.2 Å². The number of thiazole rings is 2. The van der Waals surface area contributed by atoms with Crippen molar-refractivity contribution in [1.82, 2.24) is 29.0 Å². The number of nitrogens with zero attached hydrogens (tertiary/aromatic N) is 5. The molecule has 13 heteroatoms. The van der Waals surface area contributed by atoms with Gasteiger partial charge in [-0.3, -0.25) is 38.2 Å². The number of hydrogen-bond donors (Lipinski definition) is 2. The second-order valence-corrected chi connectivity index (χ2v) is 13.4. The molecule has 0 saturated heterocycles. The fraction of sp³-hybridized carbons (Fsp3) is 0.150. The molecule has 0 aliphatic carbocycles. The lowest BCUT2D eigenvalue weighted by molar-refractivity contribution is 0.0653. The number of hydrogen-bond acceptors (Lipinski definition) is 9. The summed E-state index contributed by atoms with van der Waals surface area (Å²) < 4.78 is 4.22. The first kappa shape index (κ1) is 36.8. The Bertz CT molecular complexity index is 2380. The van der Waals surface area contributed by atoms with Crippen LogP contribution >= 0.6 is 22.7 Å². The number of rotatable bonds is 3. The average molecular weight is 745 g/mol. The molecule has 6 heterocycles. The lowest BCUT2D eigenvalue weighted by Gasteiger charge is -2.11. The quantitative estimate of drug-likeness (QED) is 0.177. The summed E-state index contributed by atoms with van der Waals surface area (Å²) in [4.78, 5) is 57.6. The van der Waals surface area contributed by atoms with Crippen LogP contribution in [0.4, 0.5) is 0 Å². The van der Waals surface area contributed by atoms with Gasteiger partial charge >= 0.3 is 0 Å². The van der Waals surface area contributed by atoms with Crippen LogP contribution in [0.5, 0.6) is 0 Å². The Balaban J connectivity index is 0.000000117. The van der Waals surface area contributed by atoms with Gasteiger partial charge in [0.25, 0.3) is 23.6 Å². The number of imide groups is 2. The number of fused-ring (bicyclic) bond motifs is 8. The molecule has 4 amide bonds. The van der Waals surface area contributed by atoms with Gasteiger partial charge in [-0.25, -0.2) is 9.97 Å². The molecule has 0 spiro atoms. The third kappa shape index (κ3) is 7.92. The van der Waals surface area contributed by atoms with Crippen molar-refractivity contribution >= 4 is 78.3 Å². The van der Waals surface area contributed by atoms with E-state index in [4.69, 9.17) is 5.11 Å². The van der Waals surface area contributed by atoms with Crippen molar-refractivity contribution in [2.24, 2.45) is 0 Å². The van der Waals surface area contributed by atoms with Crippen LogP contribution in [0.1, 0.15) is 68.1 Å². The summed E-state index contributed by atoms with van der Waals surface area (Å²) >= 11 is 3.33. The highest BCUT2D eigenvalue weighted by Gasteiger charge is 2.34.